The van der Waals surface area contributed by atoms with E-state index in [0.717, 1.165) is 6.61 Å². The molecule has 0 saturated carbocycles. The first kappa shape index (κ1) is 5.18. The Hall–Kier alpha value is 0.177. The van der Waals surface area contributed by atoms with Gasteiger partial charge in [-0.1, -0.05) is 0 Å². The molecule has 0 aromatic heterocycles. The highest BCUT2D eigenvalue weighted by atomic mass is 28.1. The van der Waals surface area contributed by atoms with Crippen molar-refractivity contribution in [2.24, 2.45) is 0 Å². The van der Waals surface area contributed by atoms with E-state index >= 15 is 0 Å². The monoisotopic (exact) mass is 89.0 g/mol. The van der Waals surface area contributed by atoms with Gasteiger partial charge in [0.05, 0.1) is 7.11 Å². The van der Waals surface area contributed by atoms with Crippen molar-refractivity contribution in [3.63, 3.8) is 0 Å². The molecule has 0 aliphatic carbocycles. The predicted octanol–water partition coefficient (Wildman–Crippen LogP) is -0.422. The Morgan fingerprint density at radius 1 is 1.80 bits per heavy atom. The Morgan fingerprint density at radius 2 is 2.40 bits per heavy atom. The molecule has 0 amide bonds. The summed E-state index contributed by atoms with van der Waals surface area (Å²) in [6.45, 7) is 0.840. The molecular weight excluding hydrogens is 80.1 g/mol. The number of ether oxygens (including phenoxy) is 1. The summed E-state index contributed by atoms with van der Waals surface area (Å²) in [4.78, 5) is 0. The lowest BCUT2D eigenvalue weighted by atomic mass is 10.9. The fourth-order valence-electron chi connectivity index (χ4n) is 0.144. The maximum Gasteiger partial charge on any atom is 0.0700 e. The maximum atomic E-state index is 4.48. The van der Waals surface area contributed by atoms with Crippen molar-refractivity contribution >= 4 is 10.2 Å². The lowest BCUT2D eigenvalue weighted by molar-refractivity contribution is 0.262. The summed E-state index contributed by atoms with van der Waals surface area (Å²) in [5.41, 5.74) is 0. The summed E-state index contributed by atoms with van der Waals surface area (Å²) in [5.74, 6) is 0. The zero-order valence-electron chi connectivity index (χ0n) is 3.53. The van der Waals surface area contributed by atoms with Gasteiger partial charge in [-0.15, -0.1) is 0 Å². The van der Waals surface area contributed by atoms with E-state index in [1.54, 1.807) is 0 Å². The minimum absolute atomic E-state index is 0.840. The minimum Gasteiger partial charge on any atom is -0.379 e. The average Bonchev–Trinajstić information content (AvgIpc) is 1.41. The first-order chi connectivity index (χ1) is 2.41. The molecule has 0 saturated heterocycles. The highest BCUT2D eigenvalue weighted by Gasteiger charge is 1.66. The molecule has 0 atom stereocenters. The smallest absolute Gasteiger partial charge is 0.0700 e. The highest BCUT2D eigenvalue weighted by molar-refractivity contribution is 6.08. The SMILES string of the molecule is [CH2]OCC[SiH3]. The molecule has 0 heterocycles. The van der Waals surface area contributed by atoms with Crippen molar-refractivity contribution < 1.29 is 4.74 Å². The molecule has 2 heteroatoms. The number of hydrogen-bond acceptors (Lipinski definition) is 1. The molecule has 0 bridgehead atoms. The van der Waals surface area contributed by atoms with Crippen LogP contribution in [0.3, 0.4) is 0 Å². The van der Waals surface area contributed by atoms with E-state index in [-0.39, 0.29) is 0 Å². The van der Waals surface area contributed by atoms with Gasteiger partial charge in [0.2, 0.25) is 0 Å². The van der Waals surface area contributed by atoms with Crippen LogP contribution in [0.4, 0.5) is 0 Å². The first-order valence-electron chi connectivity index (χ1n) is 1.78. The van der Waals surface area contributed by atoms with Crippen molar-refractivity contribution in [3.8, 4) is 0 Å². The van der Waals surface area contributed by atoms with Crippen LogP contribution in [0.25, 0.3) is 0 Å². The van der Waals surface area contributed by atoms with E-state index in [9.17, 15) is 0 Å². The van der Waals surface area contributed by atoms with Crippen LogP contribution in [0, 0.1) is 7.11 Å². The van der Waals surface area contributed by atoms with E-state index in [2.05, 4.69) is 11.8 Å². The fraction of sp³-hybridized carbons (Fsp3) is 0.667. The van der Waals surface area contributed by atoms with Gasteiger partial charge in [-0.2, -0.15) is 0 Å². The van der Waals surface area contributed by atoms with Gasteiger partial charge in [0.15, 0.2) is 0 Å². The van der Waals surface area contributed by atoms with Gasteiger partial charge < -0.3 is 4.74 Å². The molecule has 0 fully saturated rings. The molecule has 0 spiro atoms. The van der Waals surface area contributed by atoms with Crippen molar-refractivity contribution in [3.05, 3.63) is 7.11 Å². The molecule has 0 aliphatic rings. The molecule has 0 aromatic rings. The van der Waals surface area contributed by atoms with Crippen LogP contribution in [0.1, 0.15) is 0 Å². The van der Waals surface area contributed by atoms with Crippen LogP contribution >= 0.6 is 0 Å². The summed E-state index contributed by atoms with van der Waals surface area (Å²) in [6, 6.07) is 1.20. The van der Waals surface area contributed by atoms with Gasteiger partial charge in [-0.05, 0) is 6.04 Å². The van der Waals surface area contributed by atoms with Crippen molar-refractivity contribution in [2.45, 2.75) is 6.04 Å². The van der Waals surface area contributed by atoms with Crippen molar-refractivity contribution in [1.29, 1.82) is 0 Å². The third-order valence-electron chi connectivity index (χ3n) is 0.348. The normalized spacial score (nSPS) is 9.00. The lowest BCUT2D eigenvalue weighted by Gasteiger charge is -1.83. The second-order valence-electron chi connectivity index (χ2n) is 0.908. The van der Waals surface area contributed by atoms with Gasteiger partial charge in [-0.3, -0.25) is 0 Å². The molecule has 0 unspecified atom stereocenters. The predicted molar refractivity (Wildman–Crippen MR) is 26.1 cm³/mol. The maximum absolute atomic E-state index is 4.48. The van der Waals surface area contributed by atoms with Crippen LogP contribution < -0.4 is 0 Å². The second kappa shape index (κ2) is 4.18. The molecule has 0 N–H and O–H groups in total. The molecule has 0 rings (SSSR count). The zero-order chi connectivity index (χ0) is 4.12. The Labute approximate surface area is 35.8 Å². The van der Waals surface area contributed by atoms with Gasteiger partial charge in [0.1, 0.15) is 0 Å². The molecule has 31 valence electrons. The van der Waals surface area contributed by atoms with E-state index in [1.807, 2.05) is 0 Å². The second-order valence-corrected chi connectivity index (χ2v) is 1.91. The van der Waals surface area contributed by atoms with E-state index in [4.69, 9.17) is 0 Å². The fourth-order valence-corrected chi connectivity index (χ4v) is 0.433. The summed E-state index contributed by atoms with van der Waals surface area (Å²) >= 11 is 0. The largest absolute Gasteiger partial charge is 0.379 e. The van der Waals surface area contributed by atoms with Gasteiger partial charge in [0, 0.05) is 16.8 Å². The molecule has 0 aliphatic heterocycles. The highest BCUT2D eigenvalue weighted by Crippen LogP contribution is 1.69. The van der Waals surface area contributed by atoms with E-state index in [0.29, 0.717) is 0 Å². The Balaban J connectivity index is 2.19. The Morgan fingerprint density at radius 3 is 2.40 bits per heavy atom. The van der Waals surface area contributed by atoms with Gasteiger partial charge in [-0.25, -0.2) is 0 Å². The molecule has 1 radical (unpaired) electrons. The Bertz CT molecular complexity index is 14.4. The van der Waals surface area contributed by atoms with Crippen LogP contribution in [-0.2, 0) is 4.74 Å². The third kappa shape index (κ3) is 4.18. The first-order valence-corrected chi connectivity index (χ1v) is 3.20. The standard InChI is InChI=1S/C3H9OSi/c1-4-2-3-5/h1-3H2,5H3. The number of rotatable bonds is 2. The summed E-state index contributed by atoms with van der Waals surface area (Å²) in [5, 5.41) is 0. The number of hydrogen-bond donors (Lipinski definition) is 0. The molecule has 1 nitrogen and oxygen atoms in total. The van der Waals surface area contributed by atoms with Crippen LogP contribution in [0.2, 0.25) is 6.04 Å². The summed E-state index contributed by atoms with van der Waals surface area (Å²) < 4.78 is 4.48. The van der Waals surface area contributed by atoms with Crippen LogP contribution in [0.5, 0.6) is 0 Å². The van der Waals surface area contributed by atoms with E-state index in [1.165, 1.54) is 16.3 Å². The third-order valence-corrected chi connectivity index (χ3v) is 0.757. The average molecular weight is 89.2 g/mol. The molecule has 5 heavy (non-hydrogen) atoms. The van der Waals surface area contributed by atoms with Gasteiger partial charge in [0.25, 0.3) is 0 Å². The quantitative estimate of drug-likeness (QED) is 0.417. The van der Waals surface area contributed by atoms with Gasteiger partial charge >= 0.3 is 0 Å². The molecule has 0 aromatic carbocycles. The summed E-state index contributed by atoms with van der Waals surface area (Å²) in [6.07, 6.45) is 0. The lowest BCUT2D eigenvalue weighted by Crippen LogP contribution is -1.80. The van der Waals surface area contributed by atoms with Crippen LogP contribution in [-0.4, -0.2) is 16.8 Å². The van der Waals surface area contributed by atoms with Crippen molar-refractivity contribution in [2.75, 3.05) is 6.61 Å². The van der Waals surface area contributed by atoms with E-state index < -0.39 is 0 Å². The summed E-state index contributed by atoms with van der Waals surface area (Å²) in [7, 11) is 4.43. The van der Waals surface area contributed by atoms with Crippen molar-refractivity contribution in [1.82, 2.24) is 0 Å². The molecular formula is C3H9OSi. The zero-order valence-corrected chi connectivity index (χ0v) is 5.53. The minimum atomic E-state index is 0.840. The Kier molecular flexibility index (Phi) is 4.32. The topological polar surface area (TPSA) is 9.23 Å². The van der Waals surface area contributed by atoms with Crippen LogP contribution in [0.15, 0.2) is 0 Å².